The van der Waals surface area contributed by atoms with E-state index < -0.39 is 5.54 Å². The molecule has 1 N–H and O–H groups in total. The molecule has 1 rings (SSSR count). The molecule has 0 saturated carbocycles. The fraction of sp³-hybridized carbons (Fsp3) is 0.462. The van der Waals surface area contributed by atoms with Crippen LogP contribution in [0.5, 0.6) is 5.75 Å². The molecule has 18 heavy (non-hydrogen) atoms. The number of ether oxygens (including phenoxy) is 1. The minimum Gasteiger partial charge on any atom is -0.497 e. The molecule has 0 aromatic heterocycles. The van der Waals surface area contributed by atoms with E-state index in [0.717, 1.165) is 0 Å². The number of carbonyl (C=O) groups is 1. The Kier molecular flexibility index (Phi) is 5.76. The van der Waals surface area contributed by atoms with Crippen LogP contribution in [0.15, 0.2) is 24.3 Å². The third-order valence-corrected chi connectivity index (χ3v) is 3.92. The first-order valence-corrected chi connectivity index (χ1v) is 6.76. The highest BCUT2D eigenvalue weighted by Crippen LogP contribution is 2.17. The molecule has 0 spiro atoms. The van der Waals surface area contributed by atoms with E-state index in [4.69, 9.17) is 27.9 Å². The lowest BCUT2D eigenvalue weighted by Gasteiger charge is -2.29. The summed E-state index contributed by atoms with van der Waals surface area (Å²) in [6.45, 7) is 1.94. The Bertz CT molecular complexity index is 397. The van der Waals surface area contributed by atoms with Crippen molar-refractivity contribution >= 4 is 29.1 Å². The number of hydrogen-bond acceptors (Lipinski definition) is 2. The predicted octanol–water partition coefficient (Wildman–Crippen LogP) is 3.05. The number of amides is 1. The number of benzene rings is 1. The normalized spacial score (nSPS) is 11.1. The molecule has 0 unspecified atom stereocenters. The average molecular weight is 290 g/mol. The fourth-order valence-corrected chi connectivity index (χ4v) is 2.25. The maximum absolute atomic E-state index is 12.1. The van der Waals surface area contributed by atoms with Crippen molar-refractivity contribution < 1.29 is 9.53 Å². The molecular formula is C13H17Cl2NO2. The van der Waals surface area contributed by atoms with Gasteiger partial charge in [-0.05, 0) is 24.6 Å². The fourth-order valence-electron chi connectivity index (χ4n) is 1.46. The van der Waals surface area contributed by atoms with Crippen molar-refractivity contribution in [3.63, 3.8) is 0 Å². The van der Waals surface area contributed by atoms with Gasteiger partial charge in [0.2, 0.25) is 0 Å². The Hall–Kier alpha value is -0.930. The van der Waals surface area contributed by atoms with Crippen molar-refractivity contribution in [3.05, 3.63) is 29.8 Å². The quantitative estimate of drug-likeness (QED) is 0.818. The summed E-state index contributed by atoms with van der Waals surface area (Å²) in [4.78, 5) is 12.1. The maximum atomic E-state index is 12.1. The van der Waals surface area contributed by atoms with Crippen molar-refractivity contribution in [1.29, 1.82) is 0 Å². The van der Waals surface area contributed by atoms with Crippen LogP contribution in [-0.2, 0) is 0 Å². The smallest absolute Gasteiger partial charge is 0.251 e. The molecular weight excluding hydrogens is 273 g/mol. The van der Waals surface area contributed by atoms with E-state index in [1.54, 1.807) is 31.4 Å². The lowest BCUT2D eigenvalue weighted by molar-refractivity contribution is 0.0913. The lowest BCUT2D eigenvalue weighted by atomic mass is 10.0. The zero-order valence-electron chi connectivity index (χ0n) is 10.5. The summed E-state index contributed by atoms with van der Waals surface area (Å²) in [5.74, 6) is 1.00. The van der Waals surface area contributed by atoms with Crippen LogP contribution in [0.25, 0.3) is 0 Å². The summed E-state index contributed by atoms with van der Waals surface area (Å²) < 4.78 is 5.08. The number of hydrogen-bond donors (Lipinski definition) is 1. The molecule has 5 heteroatoms. The summed E-state index contributed by atoms with van der Waals surface area (Å²) in [6.07, 6.45) is 0.676. The second kappa shape index (κ2) is 6.86. The van der Waals surface area contributed by atoms with Gasteiger partial charge in [-0.1, -0.05) is 13.0 Å². The summed E-state index contributed by atoms with van der Waals surface area (Å²) >= 11 is 11.8. The zero-order valence-corrected chi connectivity index (χ0v) is 12.0. The highest BCUT2D eigenvalue weighted by atomic mass is 35.5. The molecule has 0 fully saturated rings. The van der Waals surface area contributed by atoms with E-state index in [1.807, 2.05) is 6.92 Å². The van der Waals surface area contributed by atoms with Crippen LogP contribution in [-0.4, -0.2) is 30.3 Å². The molecule has 0 bridgehead atoms. The molecule has 0 aliphatic rings. The maximum Gasteiger partial charge on any atom is 0.251 e. The first-order valence-electron chi connectivity index (χ1n) is 5.69. The third-order valence-electron chi connectivity index (χ3n) is 2.90. The molecule has 0 aliphatic heterocycles. The Morgan fingerprint density at radius 1 is 1.39 bits per heavy atom. The first kappa shape index (κ1) is 15.1. The molecule has 3 nitrogen and oxygen atoms in total. The Morgan fingerprint density at radius 2 is 2.06 bits per heavy atom. The van der Waals surface area contributed by atoms with Crippen molar-refractivity contribution in [2.45, 2.75) is 18.9 Å². The van der Waals surface area contributed by atoms with Gasteiger partial charge in [-0.3, -0.25) is 4.79 Å². The number of nitrogens with one attached hydrogen (secondary N) is 1. The standard InChI is InChI=1S/C13H17Cl2NO2/c1-3-13(8-14,9-15)16-12(17)10-5-4-6-11(7-10)18-2/h4-7H,3,8-9H2,1-2H3,(H,16,17). The summed E-state index contributed by atoms with van der Waals surface area (Å²) in [5.41, 5.74) is -0.0362. The van der Waals surface area contributed by atoms with Gasteiger partial charge in [0, 0.05) is 17.3 Å². The Morgan fingerprint density at radius 3 is 2.56 bits per heavy atom. The average Bonchev–Trinajstić information content (AvgIpc) is 2.44. The van der Waals surface area contributed by atoms with E-state index in [1.165, 1.54) is 0 Å². The van der Waals surface area contributed by atoms with Gasteiger partial charge in [-0.2, -0.15) is 0 Å². The molecule has 0 aliphatic carbocycles. The van der Waals surface area contributed by atoms with Gasteiger partial charge in [-0.15, -0.1) is 23.2 Å². The van der Waals surface area contributed by atoms with Gasteiger partial charge in [0.1, 0.15) is 5.75 Å². The van der Waals surface area contributed by atoms with Crippen LogP contribution in [0.2, 0.25) is 0 Å². The molecule has 100 valence electrons. The highest BCUT2D eigenvalue weighted by molar-refractivity contribution is 6.22. The minimum absolute atomic E-state index is 0.197. The second-order valence-corrected chi connectivity index (χ2v) is 4.62. The van der Waals surface area contributed by atoms with E-state index in [-0.39, 0.29) is 17.7 Å². The van der Waals surface area contributed by atoms with Crippen LogP contribution < -0.4 is 10.1 Å². The van der Waals surface area contributed by atoms with Gasteiger partial charge in [0.15, 0.2) is 0 Å². The van der Waals surface area contributed by atoms with E-state index in [9.17, 15) is 4.79 Å². The van der Waals surface area contributed by atoms with E-state index >= 15 is 0 Å². The monoisotopic (exact) mass is 289 g/mol. The van der Waals surface area contributed by atoms with Crippen molar-refractivity contribution in [2.75, 3.05) is 18.9 Å². The van der Waals surface area contributed by atoms with Crippen LogP contribution in [0.4, 0.5) is 0 Å². The van der Waals surface area contributed by atoms with Crippen LogP contribution in [0.1, 0.15) is 23.7 Å². The number of rotatable bonds is 6. The van der Waals surface area contributed by atoms with Gasteiger partial charge >= 0.3 is 0 Å². The van der Waals surface area contributed by atoms with E-state index in [2.05, 4.69) is 5.32 Å². The van der Waals surface area contributed by atoms with Gasteiger partial charge in [0.25, 0.3) is 5.91 Å². The number of halogens is 2. The van der Waals surface area contributed by atoms with Crippen molar-refractivity contribution in [3.8, 4) is 5.75 Å². The second-order valence-electron chi connectivity index (χ2n) is 4.09. The number of carbonyl (C=O) groups excluding carboxylic acids is 1. The Labute approximate surface area is 117 Å². The summed E-state index contributed by atoms with van der Waals surface area (Å²) in [5, 5.41) is 2.89. The summed E-state index contributed by atoms with van der Waals surface area (Å²) in [6, 6.07) is 6.95. The van der Waals surface area contributed by atoms with Gasteiger partial charge in [0.05, 0.1) is 12.6 Å². The first-order chi connectivity index (χ1) is 8.60. The molecule has 1 amide bonds. The minimum atomic E-state index is -0.566. The molecule has 0 atom stereocenters. The molecule has 1 aromatic rings. The van der Waals surface area contributed by atoms with Gasteiger partial charge in [-0.25, -0.2) is 0 Å². The SMILES string of the molecule is CCC(CCl)(CCl)NC(=O)c1cccc(OC)c1. The molecule has 0 heterocycles. The zero-order chi connectivity index (χ0) is 13.6. The topological polar surface area (TPSA) is 38.3 Å². The largest absolute Gasteiger partial charge is 0.497 e. The molecule has 0 radical (unpaired) electrons. The summed E-state index contributed by atoms with van der Waals surface area (Å²) in [7, 11) is 1.56. The molecule has 1 aromatic carbocycles. The lowest BCUT2D eigenvalue weighted by Crippen LogP contribution is -2.51. The van der Waals surface area contributed by atoms with Crippen molar-refractivity contribution in [1.82, 2.24) is 5.32 Å². The number of methoxy groups -OCH3 is 1. The highest BCUT2D eigenvalue weighted by Gasteiger charge is 2.28. The number of alkyl halides is 2. The van der Waals surface area contributed by atoms with Crippen molar-refractivity contribution in [2.24, 2.45) is 0 Å². The third kappa shape index (κ3) is 3.53. The van der Waals surface area contributed by atoms with E-state index in [0.29, 0.717) is 17.7 Å². The van der Waals surface area contributed by atoms with Crippen LogP contribution in [0.3, 0.4) is 0 Å². The predicted molar refractivity (Wildman–Crippen MR) is 74.9 cm³/mol. The van der Waals surface area contributed by atoms with Crippen LogP contribution in [0, 0.1) is 0 Å². The molecule has 0 saturated heterocycles. The Balaban J connectivity index is 2.86. The van der Waals surface area contributed by atoms with Gasteiger partial charge < -0.3 is 10.1 Å². The van der Waals surface area contributed by atoms with Crippen LogP contribution >= 0.6 is 23.2 Å².